The quantitative estimate of drug-likeness (QED) is 0.852. The van der Waals surface area contributed by atoms with Gasteiger partial charge in [-0.1, -0.05) is 39.0 Å². The molecule has 6 heteroatoms. The Morgan fingerprint density at radius 2 is 1.88 bits per heavy atom. The van der Waals surface area contributed by atoms with Crippen molar-refractivity contribution in [2.75, 3.05) is 0 Å². The van der Waals surface area contributed by atoms with Crippen molar-refractivity contribution in [2.24, 2.45) is 5.41 Å². The predicted octanol–water partition coefficient (Wildman–Crippen LogP) is 3.51. The molecule has 0 aliphatic carbocycles. The van der Waals surface area contributed by atoms with Crippen LogP contribution < -0.4 is 4.74 Å². The van der Waals surface area contributed by atoms with Crippen molar-refractivity contribution >= 4 is 12.1 Å². The van der Waals surface area contributed by atoms with Gasteiger partial charge >= 0.3 is 12.1 Å². The fraction of sp³-hybridized carbons (Fsp3) is 0.556. The Hall–Kier alpha value is -2.24. The van der Waals surface area contributed by atoms with Crippen molar-refractivity contribution in [1.29, 1.82) is 0 Å². The smallest absolute Gasteiger partial charge is 0.410 e. The number of carbonyl (C=O) groups excluding carboxylic acids is 1. The summed E-state index contributed by atoms with van der Waals surface area (Å²) in [6.45, 7) is 8.72. The summed E-state index contributed by atoms with van der Waals surface area (Å²) in [5.74, 6) is -0.295. The van der Waals surface area contributed by atoms with Gasteiger partial charge in [0, 0.05) is 11.8 Å². The van der Waals surface area contributed by atoms with Gasteiger partial charge in [-0.3, -0.25) is 4.90 Å². The summed E-state index contributed by atoms with van der Waals surface area (Å²) in [4.78, 5) is 25.0. The number of hydrogen-bond acceptors (Lipinski definition) is 4. The van der Waals surface area contributed by atoms with Crippen LogP contribution in [0.4, 0.5) is 4.79 Å². The topological polar surface area (TPSA) is 76.1 Å². The third-order valence-corrected chi connectivity index (χ3v) is 3.66. The highest BCUT2D eigenvalue weighted by Gasteiger charge is 2.51. The SMILES string of the molecule is [2H][C@]1(CC(C)(C)Oc2ccccc2)C(=O)O[C@H](C(C)(C)C)N1C(=O)O. The zero-order chi connectivity index (χ0) is 19.0. The van der Waals surface area contributed by atoms with Crippen molar-refractivity contribution in [3.8, 4) is 5.75 Å². The van der Waals surface area contributed by atoms with E-state index < -0.39 is 35.3 Å². The first-order valence-electron chi connectivity index (χ1n) is 8.34. The van der Waals surface area contributed by atoms with Crippen molar-refractivity contribution in [2.45, 2.75) is 58.9 Å². The summed E-state index contributed by atoms with van der Waals surface area (Å²) in [6.07, 6.45) is -2.55. The molecule has 0 unspecified atom stereocenters. The average molecular weight is 336 g/mol. The summed E-state index contributed by atoms with van der Waals surface area (Å²) in [6, 6.07) is 6.93. The van der Waals surface area contributed by atoms with Crippen LogP contribution in [0.1, 0.15) is 42.4 Å². The Bertz CT molecular complexity index is 655. The number of esters is 1. The number of ether oxygens (including phenoxy) is 2. The highest BCUT2D eigenvalue weighted by atomic mass is 16.6. The molecule has 6 nitrogen and oxygen atoms in total. The molecule has 0 radical (unpaired) electrons. The van der Waals surface area contributed by atoms with Crippen LogP contribution in [0.15, 0.2) is 30.3 Å². The monoisotopic (exact) mass is 336 g/mol. The number of nitrogens with zero attached hydrogens (tertiary/aromatic N) is 1. The normalized spacial score (nSPS) is 25.2. The highest BCUT2D eigenvalue weighted by molar-refractivity contribution is 5.84. The average Bonchev–Trinajstić information content (AvgIpc) is 2.70. The van der Waals surface area contributed by atoms with Crippen molar-refractivity contribution in [3.05, 3.63) is 30.3 Å². The van der Waals surface area contributed by atoms with Gasteiger partial charge in [0.1, 0.15) is 17.4 Å². The molecule has 1 aromatic carbocycles. The van der Waals surface area contributed by atoms with Gasteiger partial charge in [0.05, 0.1) is 1.37 Å². The number of cyclic esters (lactones) is 1. The summed E-state index contributed by atoms with van der Waals surface area (Å²) < 4.78 is 19.7. The van der Waals surface area contributed by atoms with Crippen LogP contribution in [0.5, 0.6) is 5.75 Å². The Morgan fingerprint density at radius 1 is 1.29 bits per heavy atom. The first-order valence-corrected chi connectivity index (χ1v) is 7.84. The lowest BCUT2D eigenvalue weighted by Gasteiger charge is -2.34. The molecule has 1 N–H and O–H groups in total. The molecule has 2 rings (SSSR count). The molecule has 1 fully saturated rings. The maximum Gasteiger partial charge on any atom is 0.410 e. The van der Waals surface area contributed by atoms with E-state index in [9.17, 15) is 14.7 Å². The van der Waals surface area contributed by atoms with Crippen LogP contribution in [-0.4, -0.2) is 39.9 Å². The summed E-state index contributed by atoms with van der Waals surface area (Å²) >= 11 is 0. The van der Waals surface area contributed by atoms with E-state index in [0.717, 1.165) is 4.90 Å². The minimum absolute atomic E-state index is 0.160. The molecular formula is C18H25NO5. The summed E-state index contributed by atoms with van der Waals surface area (Å²) in [5, 5.41) is 9.62. The van der Waals surface area contributed by atoms with Gasteiger partial charge in [-0.2, -0.15) is 0 Å². The molecule has 0 bridgehead atoms. The second-order valence-electron chi connectivity index (χ2n) is 7.57. The van der Waals surface area contributed by atoms with Crippen LogP contribution in [-0.2, 0) is 9.53 Å². The van der Waals surface area contributed by atoms with Gasteiger partial charge in [0.2, 0.25) is 0 Å². The Morgan fingerprint density at radius 3 is 2.38 bits per heavy atom. The Labute approximate surface area is 143 Å². The van der Waals surface area contributed by atoms with E-state index in [4.69, 9.17) is 10.8 Å². The molecule has 1 aliphatic rings. The van der Waals surface area contributed by atoms with E-state index in [0.29, 0.717) is 5.75 Å². The van der Waals surface area contributed by atoms with Gasteiger partial charge in [0.15, 0.2) is 6.23 Å². The highest BCUT2D eigenvalue weighted by Crippen LogP contribution is 2.36. The van der Waals surface area contributed by atoms with Crippen LogP contribution in [0.25, 0.3) is 0 Å². The lowest BCUT2D eigenvalue weighted by Crippen LogP contribution is -2.49. The van der Waals surface area contributed by atoms with Gasteiger partial charge in [-0.25, -0.2) is 9.59 Å². The molecule has 1 aliphatic heterocycles. The van der Waals surface area contributed by atoms with Gasteiger partial charge in [-0.15, -0.1) is 0 Å². The lowest BCUT2D eigenvalue weighted by molar-refractivity contribution is -0.147. The molecule has 132 valence electrons. The zero-order valence-electron chi connectivity index (χ0n) is 15.7. The van der Waals surface area contributed by atoms with E-state index in [1.165, 1.54) is 0 Å². The molecule has 1 saturated heterocycles. The predicted molar refractivity (Wildman–Crippen MR) is 88.8 cm³/mol. The van der Waals surface area contributed by atoms with Crippen LogP contribution in [0.3, 0.4) is 0 Å². The Balaban J connectivity index is 2.31. The maximum atomic E-state index is 12.4. The fourth-order valence-corrected chi connectivity index (χ4v) is 2.65. The van der Waals surface area contributed by atoms with Gasteiger partial charge < -0.3 is 14.6 Å². The van der Waals surface area contributed by atoms with Gasteiger partial charge in [0.25, 0.3) is 0 Å². The lowest BCUT2D eigenvalue weighted by atomic mass is 9.92. The molecular weight excluding hydrogens is 310 g/mol. The molecule has 1 amide bonds. The number of carboxylic acid groups (broad SMARTS) is 1. The van der Waals surface area contributed by atoms with E-state index >= 15 is 0 Å². The largest absolute Gasteiger partial charge is 0.488 e. The van der Waals surface area contributed by atoms with Crippen molar-refractivity contribution in [1.82, 2.24) is 4.90 Å². The number of carbonyl (C=O) groups is 2. The van der Waals surface area contributed by atoms with E-state index in [2.05, 4.69) is 0 Å². The van der Waals surface area contributed by atoms with E-state index in [1.54, 1.807) is 46.8 Å². The first-order chi connectivity index (χ1) is 11.4. The number of benzene rings is 1. The summed E-state index contributed by atoms with van der Waals surface area (Å²) in [5.41, 5.74) is -1.61. The summed E-state index contributed by atoms with van der Waals surface area (Å²) in [7, 11) is 0. The number of amides is 1. The van der Waals surface area contributed by atoms with Crippen LogP contribution in [0, 0.1) is 5.41 Å². The molecule has 24 heavy (non-hydrogen) atoms. The van der Waals surface area contributed by atoms with Crippen molar-refractivity contribution in [3.63, 3.8) is 0 Å². The van der Waals surface area contributed by atoms with Crippen LogP contribution >= 0.6 is 0 Å². The number of para-hydroxylation sites is 1. The third kappa shape index (κ3) is 3.99. The molecule has 2 atom stereocenters. The van der Waals surface area contributed by atoms with Gasteiger partial charge in [-0.05, 0) is 26.0 Å². The Kier molecular flexibility index (Phi) is 4.39. The minimum Gasteiger partial charge on any atom is -0.488 e. The molecule has 0 aromatic heterocycles. The first kappa shape index (κ1) is 16.6. The number of hydrogen-bond donors (Lipinski definition) is 1. The van der Waals surface area contributed by atoms with Crippen molar-refractivity contribution < 1.29 is 25.5 Å². The van der Waals surface area contributed by atoms with E-state index in [-0.39, 0.29) is 6.42 Å². The molecule has 1 aromatic rings. The zero-order valence-corrected chi connectivity index (χ0v) is 14.7. The van der Waals surface area contributed by atoms with E-state index in [1.807, 2.05) is 18.2 Å². The molecule has 0 spiro atoms. The third-order valence-electron chi connectivity index (χ3n) is 3.66. The minimum atomic E-state index is -2.07. The molecule has 0 saturated carbocycles. The second-order valence-corrected chi connectivity index (χ2v) is 7.57. The maximum absolute atomic E-state index is 12.4. The fourth-order valence-electron chi connectivity index (χ4n) is 2.65. The molecule has 1 heterocycles. The van der Waals surface area contributed by atoms with Crippen LogP contribution in [0.2, 0.25) is 0 Å². The second kappa shape index (κ2) is 6.34. The number of rotatable bonds is 4. The standard InChI is InChI=1S/C18H25NO5/c1-17(2,3)15-19(16(21)22)13(14(20)23-15)11-18(4,5)24-12-9-7-6-8-10-12/h6-10,13,15H,11H2,1-5H3,(H,21,22)/t13-,15+/m0/s1/i13D.